The van der Waals surface area contributed by atoms with Gasteiger partial charge in [0, 0.05) is 29.0 Å². The summed E-state index contributed by atoms with van der Waals surface area (Å²) < 4.78 is 28.2. The molecule has 5 nitrogen and oxygen atoms in total. The maximum atomic E-state index is 12.8. The number of nitrogens with one attached hydrogen (secondary N) is 2. The SMILES string of the molecule is O=S(=O)(Nc1ccc(-c2ncc[nH]2)cc1)c1cccc2ccccc12. The van der Waals surface area contributed by atoms with Crippen LogP contribution in [0.4, 0.5) is 5.69 Å². The zero-order valence-electron chi connectivity index (χ0n) is 13.2. The lowest BCUT2D eigenvalue weighted by Gasteiger charge is -2.11. The van der Waals surface area contributed by atoms with Gasteiger partial charge in [-0.2, -0.15) is 0 Å². The monoisotopic (exact) mass is 349 g/mol. The summed E-state index contributed by atoms with van der Waals surface area (Å²) in [6.07, 6.45) is 3.42. The van der Waals surface area contributed by atoms with Crippen LogP contribution in [0.2, 0.25) is 0 Å². The summed E-state index contributed by atoms with van der Waals surface area (Å²) in [5, 5.41) is 1.59. The predicted molar refractivity (Wildman–Crippen MR) is 98.8 cm³/mol. The first-order valence-electron chi connectivity index (χ1n) is 7.74. The number of nitrogens with zero attached hydrogens (tertiary/aromatic N) is 1. The Morgan fingerprint density at radius 3 is 2.40 bits per heavy atom. The maximum absolute atomic E-state index is 12.8. The Hall–Kier alpha value is -3.12. The summed E-state index contributed by atoms with van der Waals surface area (Å²) in [5.41, 5.74) is 1.39. The number of H-pyrrole nitrogens is 1. The highest BCUT2D eigenvalue weighted by Gasteiger charge is 2.17. The van der Waals surface area contributed by atoms with E-state index in [2.05, 4.69) is 14.7 Å². The molecule has 0 saturated carbocycles. The molecule has 0 spiro atoms. The number of aromatic amines is 1. The first-order chi connectivity index (χ1) is 12.1. The Morgan fingerprint density at radius 2 is 1.64 bits per heavy atom. The van der Waals surface area contributed by atoms with Crippen LogP contribution in [0.15, 0.2) is 84.0 Å². The summed E-state index contributed by atoms with van der Waals surface area (Å²) in [5.74, 6) is 0.739. The second-order valence-electron chi connectivity index (χ2n) is 5.60. The maximum Gasteiger partial charge on any atom is 0.262 e. The normalized spacial score (nSPS) is 11.5. The number of benzene rings is 3. The van der Waals surface area contributed by atoms with E-state index in [0.29, 0.717) is 11.1 Å². The second-order valence-corrected chi connectivity index (χ2v) is 7.25. The Balaban J connectivity index is 1.67. The van der Waals surface area contributed by atoms with Crippen LogP contribution in [-0.2, 0) is 10.0 Å². The summed E-state index contributed by atoms with van der Waals surface area (Å²) in [4.78, 5) is 7.46. The fraction of sp³-hybridized carbons (Fsp3) is 0. The average molecular weight is 349 g/mol. The van der Waals surface area contributed by atoms with Crippen molar-refractivity contribution in [3.05, 3.63) is 79.1 Å². The van der Waals surface area contributed by atoms with Gasteiger partial charge in [-0.3, -0.25) is 4.72 Å². The Kier molecular flexibility index (Phi) is 3.74. The molecule has 0 bridgehead atoms. The summed E-state index contributed by atoms with van der Waals surface area (Å²) in [7, 11) is -3.68. The van der Waals surface area contributed by atoms with Gasteiger partial charge < -0.3 is 4.98 Å². The minimum atomic E-state index is -3.68. The van der Waals surface area contributed by atoms with Crippen LogP contribution in [0, 0.1) is 0 Å². The Labute approximate surface area is 145 Å². The molecule has 0 amide bonds. The van der Waals surface area contributed by atoms with Crippen LogP contribution in [-0.4, -0.2) is 18.4 Å². The van der Waals surface area contributed by atoms with E-state index in [9.17, 15) is 8.42 Å². The smallest absolute Gasteiger partial charge is 0.262 e. The third-order valence-corrected chi connectivity index (χ3v) is 5.39. The average Bonchev–Trinajstić information content (AvgIpc) is 3.16. The molecule has 25 heavy (non-hydrogen) atoms. The van der Waals surface area contributed by atoms with Crippen molar-refractivity contribution in [1.29, 1.82) is 0 Å². The molecule has 4 aromatic rings. The molecule has 1 aromatic heterocycles. The fourth-order valence-corrected chi connectivity index (χ4v) is 4.05. The van der Waals surface area contributed by atoms with Crippen LogP contribution in [0.1, 0.15) is 0 Å². The van der Waals surface area contributed by atoms with E-state index >= 15 is 0 Å². The van der Waals surface area contributed by atoms with Gasteiger partial charge >= 0.3 is 0 Å². The molecule has 6 heteroatoms. The second kappa shape index (κ2) is 6.07. The minimum absolute atomic E-state index is 0.265. The highest BCUT2D eigenvalue weighted by molar-refractivity contribution is 7.93. The van der Waals surface area contributed by atoms with Crippen LogP contribution in [0.5, 0.6) is 0 Å². The van der Waals surface area contributed by atoms with Crippen molar-refractivity contribution in [3.8, 4) is 11.4 Å². The highest BCUT2D eigenvalue weighted by Crippen LogP contribution is 2.25. The summed E-state index contributed by atoms with van der Waals surface area (Å²) in [6.45, 7) is 0. The molecule has 2 N–H and O–H groups in total. The van der Waals surface area contributed by atoms with Gasteiger partial charge in [-0.05, 0) is 35.7 Å². The van der Waals surface area contributed by atoms with E-state index < -0.39 is 10.0 Å². The quantitative estimate of drug-likeness (QED) is 0.584. The molecular formula is C19H15N3O2S. The number of sulfonamides is 1. The van der Waals surface area contributed by atoms with E-state index in [1.54, 1.807) is 36.7 Å². The lowest BCUT2D eigenvalue weighted by molar-refractivity contribution is 0.602. The summed E-state index contributed by atoms with van der Waals surface area (Å²) in [6, 6.07) is 19.8. The number of hydrogen-bond acceptors (Lipinski definition) is 3. The lowest BCUT2D eigenvalue weighted by atomic mass is 10.1. The van der Waals surface area contributed by atoms with Crippen molar-refractivity contribution in [1.82, 2.24) is 9.97 Å². The molecule has 1 heterocycles. The number of imidazole rings is 1. The Morgan fingerprint density at radius 1 is 0.880 bits per heavy atom. The molecule has 0 saturated heterocycles. The predicted octanol–water partition coefficient (Wildman–Crippen LogP) is 4.03. The van der Waals surface area contributed by atoms with E-state index in [-0.39, 0.29) is 4.90 Å². The van der Waals surface area contributed by atoms with Gasteiger partial charge in [0.25, 0.3) is 10.0 Å². The fourth-order valence-electron chi connectivity index (χ4n) is 2.76. The zero-order valence-corrected chi connectivity index (χ0v) is 14.0. The van der Waals surface area contributed by atoms with Crippen LogP contribution >= 0.6 is 0 Å². The largest absolute Gasteiger partial charge is 0.345 e. The van der Waals surface area contributed by atoms with Crippen molar-refractivity contribution in [2.24, 2.45) is 0 Å². The number of aromatic nitrogens is 2. The zero-order chi connectivity index (χ0) is 17.3. The third kappa shape index (κ3) is 2.99. The molecule has 0 fully saturated rings. The van der Waals surface area contributed by atoms with Gasteiger partial charge in [0.15, 0.2) is 0 Å². The van der Waals surface area contributed by atoms with Crippen molar-refractivity contribution in [2.45, 2.75) is 4.90 Å². The van der Waals surface area contributed by atoms with E-state index in [1.165, 1.54) is 0 Å². The molecule has 0 unspecified atom stereocenters. The van der Waals surface area contributed by atoms with Crippen LogP contribution in [0.3, 0.4) is 0 Å². The van der Waals surface area contributed by atoms with Gasteiger partial charge in [-0.1, -0.05) is 36.4 Å². The van der Waals surface area contributed by atoms with Gasteiger partial charge in [0.05, 0.1) is 4.90 Å². The van der Waals surface area contributed by atoms with Crippen molar-refractivity contribution >= 4 is 26.5 Å². The van der Waals surface area contributed by atoms with Gasteiger partial charge in [-0.15, -0.1) is 0 Å². The van der Waals surface area contributed by atoms with Gasteiger partial charge in [0.1, 0.15) is 5.82 Å². The molecule has 0 aliphatic rings. The standard InChI is InChI=1S/C19H15N3O2S/c23-25(24,18-7-3-5-14-4-1-2-6-17(14)18)22-16-10-8-15(9-11-16)19-20-12-13-21-19/h1-13,22H,(H,20,21). The number of anilines is 1. The topological polar surface area (TPSA) is 74.8 Å². The molecular weight excluding hydrogens is 334 g/mol. The molecule has 3 aromatic carbocycles. The molecule has 0 atom stereocenters. The molecule has 0 aliphatic heterocycles. The molecule has 0 aliphatic carbocycles. The molecule has 124 valence electrons. The van der Waals surface area contributed by atoms with E-state index in [1.807, 2.05) is 42.5 Å². The van der Waals surface area contributed by atoms with E-state index in [4.69, 9.17) is 0 Å². The van der Waals surface area contributed by atoms with Gasteiger partial charge in [-0.25, -0.2) is 13.4 Å². The first-order valence-corrected chi connectivity index (χ1v) is 9.22. The first kappa shape index (κ1) is 15.4. The number of rotatable bonds is 4. The van der Waals surface area contributed by atoms with E-state index in [0.717, 1.165) is 16.8 Å². The number of fused-ring (bicyclic) bond motifs is 1. The van der Waals surface area contributed by atoms with Crippen molar-refractivity contribution < 1.29 is 8.42 Å². The Bertz CT molecular complexity index is 1110. The minimum Gasteiger partial charge on any atom is -0.345 e. The van der Waals surface area contributed by atoms with Crippen molar-refractivity contribution in [2.75, 3.05) is 4.72 Å². The van der Waals surface area contributed by atoms with Crippen LogP contribution in [0.25, 0.3) is 22.2 Å². The number of hydrogen-bond donors (Lipinski definition) is 2. The molecule has 4 rings (SSSR count). The van der Waals surface area contributed by atoms with Crippen molar-refractivity contribution in [3.63, 3.8) is 0 Å². The lowest BCUT2D eigenvalue weighted by Crippen LogP contribution is -2.13. The summed E-state index contributed by atoms with van der Waals surface area (Å²) >= 11 is 0. The van der Waals surface area contributed by atoms with Crippen LogP contribution < -0.4 is 4.72 Å². The highest BCUT2D eigenvalue weighted by atomic mass is 32.2. The van der Waals surface area contributed by atoms with Gasteiger partial charge in [0.2, 0.25) is 0 Å². The molecule has 0 radical (unpaired) electrons. The third-order valence-electron chi connectivity index (χ3n) is 3.95.